The molecule has 0 saturated carbocycles. The highest BCUT2D eigenvalue weighted by atomic mass is 16.7. The van der Waals surface area contributed by atoms with Crippen LogP contribution in [0.2, 0.25) is 0 Å². The first kappa shape index (κ1) is 17.2. The molecule has 0 fully saturated rings. The highest BCUT2D eigenvalue weighted by Crippen LogP contribution is 2.30. The molecular weight excluding hydrogens is 346 g/mol. The molecule has 0 saturated heterocycles. The average molecular weight is 359 g/mol. The molecule has 0 N–H and O–H groups in total. The summed E-state index contributed by atoms with van der Waals surface area (Å²) in [5, 5.41) is 11.0. The van der Waals surface area contributed by atoms with Crippen LogP contribution < -0.4 is 4.74 Å². The van der Waals surface area contributed by atoms with Gasteiger partial charge in [-0.15, -0.1) is 0 Å². The van der Waals surface area contributed by atoms with Gasteiger partial charge in [0.1, 0.15) is 27.6 Å². The quantitative estimate of drug-likeness (QED) is 0.293. The number of carbonyl (C=O) groups excluding carboxylic acids is 2. The SMILES string of the molecule is CCOC(=O)c1c(C)oc2ccc(OC(=O)c3ccc([N+](=O)[O-])o3)cc12. The first-order chi connectivity index (χ1) is 12.4. The molecule has 9 nitrogen and oxygen atoms in total. The topological polar surface area (TPSA) is 122 Å². The lowest BCUT2D eigenvalue weighted by atomic mass is 10.1. The lowest BCUT2D eigenvalue weighted by Crippen LogP contribution is -2.07. The number of nitrogens with zero attached hydrogens (tertiary/aromatic N) is 1. The molecule has 0 aliphatic heterocycles. The predicted octanol–water partition coefficient (Wildman–Crippen LogP) is 3.64. The molecule has 0 aliphatic rings. The number of carbonyl (C=O) groups is 2. The number of furan rings is 2. The van der Waals surface area contributed by atoms with Crippen molar-refractivity contribution in [3.8, 4) is 5.75 Å². The highest BCUT2D eigenvalue weighted by molar-refractivity contribution is 6.05. The maximum absolute atomic E-state index is 12.1. The van der Waals surface area contributed by atoms with Crippen LogP contribution >= 0.6 is 0 Å². The highest BCUT2D eigenvalue weighted by Gasteiger charge is 2.22. The van der Waals surface area contributed by atoms with E-state index in [9.17, 15) is 19.7 Å². The molecule has 2 aromatic heterocycles. The third-order valence-electron chi connectivity index (χ3n) is 3.50. The molecule has 134 valence electrons. The van der Waals surface area contributed by atoms with Crippen molar-refractivity contribution in [1.82, 2.24) is 0 Å². The number of rotatable bonds is 5. The number of aryl methyl sites for hydroxylation is 1. The van der Waals surface area contributed by atoms with Gasteiger partial charge in [-0.3, -0.25) is 10.1 Å². The van der Waals surface area contributed by atoms with E-state index in [4.69, 9.17) is 18.3 Å². The van der Waals surface area contributed by atoms with Crippen LogP contribution in [-0.4, -0.2) is 23.5 Å². The van der Waals surface area contributed by atoms with E-state index in [0.29, 0.717) is 16.7 Å². The van der Waals surface area contributed by atoms with E-state index in [2.05, 4.69) is 0 Å². The van der Waals surface area contributed by atoms with Gasteiger partial charge < -0.3 is 18.3 Å². The molecule has 0 unspecified atom stereocenters. The van der Waals surface area contributed by atoms with E-state index in [1.165, 1.54) is 18.2 Å². The zero-order chi connectivity index (χ0) is 18.8. The van der Waals surface area contributed by atoms with Gasteiger partial charge in [-0.25, -0.2) is 9.59 Å². The second-order valence-corrected chi connectivity index (χ2v) is 5.20. The van der Waals surface area contributed by atoms with E-state index < -0.39 is 22.7 Å². The Morgan fingerprint density at radius 1 is 1.15 bits per heavy atom. The molecular formula is C17H13NO8. The molecule has 0 atom stereocenters. The fourth-order valence-corrected chi connectivity index (χ4v) is 2.41. The number of hydrogen-bond donors (Lipinski definition) is 0. The zero-order valence-corrected chi connectivity index (χ0v) is 13.8. The maximum atomic E-state index is 12.1. The summed E-state index contributed by atoms with van der Waals surface area (Å²) in [6.07, 6.45) is 0. The summed E-state index contributed by atoms with van der Waals surface area (Å²) in [4.78, 5) is 34.0. The van der Waals surface area contributed by atoms with Gasteiger partial charge in [0, 0.05) is 5.39 Å². The van der Waals surface area contributed by atoms with E-state index in [-0.39, 0.29) is 23.7 Å². The molecule has 1 aromatic carbocycles. The van der Waals surface area contributed by atoms with Crippen molar-refractivity contribution in [3.05, 3.63) is 57.5 Å². The van der Waals surface area contributed by atoms with Crippen molar-refractivity contribution in [1.29, 1.82) is 0 Å². The summed E-state index contributed by atoms with van der Waals surface area (Å²) in [7, 11) is 0. The molecule has 0 spiro atoms. The van der Waals surface area contributed by atoms with Crippen LogP contribution in [0.5, 0.6) is 5.75 Å². The van der Waals surface area contributed by atoms with Crippen molar-refractivity contribution in [2.45, 2.75) is 13.8 Å². The molecule has 0 bridgehead atoms. The van der Waals surface area contributed by atoms with E-state index >= 15 is 0 Å². The Morgan fingerprint density at radius 2 is 1.92 bits per heavy atom. The summed E-state index contributed by atoms with van der Waals surface area (Å²) >= 11 is 0. The minimum absolute atomic E-state index is 0.118. The van der Waals surface area contributed by atoms with E-state index in [1.54, 1.807) is 13.8 Å². The average Bonchev–Trinajstić information content (AvgIpc) is 3.19. The molecule has 3 rings (SSSR count). The lowest BCUT2D eigenvalue weighted by molar-refractivity contribution is -0.402. The first-order valence-corrected chi connectivity index (χ1v) is 7.57. The van der Waals surface area contributed by atoms with Crippen LogP contribution in [0.1, 0.15) is 33.6 Å². The number of nitro groups is 1. The largest absolute Gasteiger partial charge is 0.462 e. The van der Waals surface area contributed by atoms with Gasteiger partial charge in [0.2, 0.25) is 5.76 Å². The Labute approximate surface area is 146 Å². The lowest BCUT2D eigenvalue weighted by Gasteiger charge is -2.03. The second kappa shape index (κ2) is 6.71. The normalized spacial score (nSPS) is 10.7. The Hall–Kier alpha value is -3.62. The smallest absolute Gasteiger partial charge is 0.433 e. The van der Waals surface area contributed by atoms with E-state index in [0.717, 1.165) is 12.1 Å². The van der Waals surface area contributed by atoms with E-state index in [1.807, 2.05) is 0 Å². The summed E-state index contributed by atoms with van der Waals surface area (Å²) in [5.74, 6) is -1.84. The van der Waals surface area contributed by atoms with Gasteiger partial charge in [-0.05, 0) is 38.1 Å². The Morgan fingerprint density at radius 3 is 2.58 bits per heavy atom. The maximum Gasteiger partial charge on any atom is 0.433 e. The van der Waals surface area contributed by atoms with Gasteiger partial charge >= 0.3 is 17.8 Å². The molecule has 9 heteroatoms. The molecule has 26 heavy (non-hydrogen) atoms. The van der Waals surface area contributed by atoms with Crippen LogP contribution in [0.15, 0.2) is 39.2 Å². The third-order valence-corrected chi connectivity index (χ3v) is 3.50. The van der Waals surface area contributed by atoms with Gasteiger partial charge in [-0.1, -0.05) is 0 Å². The van der Waals surface area contributed by atoms with Gasteiger partial charge in [0.05, 0.1) is 12.7 Å². The van der Waals surface area contributed by atoms with Crippen molar-refractivity contribution < 1.29 is 32.8 Å². The number of benzene rings is 1. The van der Waals surface area contributed by atoms with Crippen molar-refractivity contribution in [3.63, 3.8) is 0 Å². The molecule has 3 aromatic rings. The first-order valence-electron chi connectivity index (χ1n) is 7.57. The van der Waals surface area contributed by atoms with Crippen LogP contribution in [0.4, 0.5) is 5.88 Å². The van der Waals surface area contributed by atoms with Gasteiger partial charge in [-0.2, -0.15) is 0 Å². The predicted molar refractivity (Wildman–Crippen MR) is 87.2 cm³/mol. The monoisotopic (exact) mass is 359 g/mol. The fourth-order valence-electron chi connectivity index (χ4n) is 2.41. The standard InChI is InChI=1S/C17H13NO8/c1-3-23-17(20)15-9(2)24-12-5-4-10(8-11(12)15)25-16(19)13-6-7-14(26-13)18(21)22/h4-8H,3H2,1-2H3. The minimum atomic E-state index is -0.907. The minimum Gasteiger partial charge on any atom is -0.462 e. The number of ether oxygens (including phenoxy) is 2. The van der Waals surface area contributed by atoms with Crippen LogP contribution in [0.25, 0.3) is 11.0 Å². The zero-order valence-electron chi connectivity index (χ0n) is 13.8. The Bertz CT molecular complexity index is 1010. The number of esters is 2. The summed E-state index contributed by atoms with van der Waals surface area (Å²) in [6.45, 7) is 3.52. The third kappa shape index (κ3) is 3.14. The summed E-state index contributed by atoms with van der Waals surface area (Å²) < 4.78 is 20.5. The molecule has 0 radical (unpaired) electrons. The van der Waals surface area contributed by atoms with Crippen molar-refractivity contribution in [2.24, 2.45) is 0 Å². The van der Waals surface area contributed by atoms with Gasteiger partial charge in [0.15, 0.2) is 0 Å². The van der Waals surface area contributed by atoms with Crippen LogP contribution in [-0.2, 0) is 4.74 Å². The van der Waals surface area contributed by atoms with Crippen molar-refractivity contribution in [2.75, 3.05) is 6.61 Å². The molecule has 2 heterocycles. The number of hydrogen-bond acceptors (Lipinski definition) is 8. The van der Waals surface area contributed by atoms with Gasteiger partial charge in [0.25, 0.3) is 0 Å². The van der Waals surface area contributed by atoms with Crippen LogP contribution in [0, 0.1) is 17.0 Å². The Balaban J connectivity index is 1.90. The van der Waals surface area contributed by atoms with Crippen LogP contribution in [0.3, 0.4) is 0 Å². The molecule has 0 amide bonds. The van der Waals surface area contributed by atoms with Crippen molar-refractivity contribution >= 4 is 28.8 Å². The summed E-state index contributed by atoms with van der Waals surface area (Å²) in [6, 6.07) is 6.66. The molecule has 0 aliphatic carbocycles. The Kier molecular flexibility index (Phi) is 4.44. The second-order valence-electron chi connectivity index (χ2n) is 5.20. The number of fused-ring (bicyclic) bond motifs is 1. The summed E-state index contributed by atoms with van der Waals surface area (Å²) in [5.41, 5.74) is 0.673. The fraction of sp³-hybridized carbons (Fsp3) is 0.176.